The van der Waals surface area contributed by atoms with Crippen LogP contribution in [0.4, 0.5) is 10.5 Å². The van der Waals surface area contributed by atoms with Gasteiger partial charge in [-0.15, -0.1) is 0 Å². The number of hydrogen-bond acceptors (Lipinski definition) is 12. The van der Waals surface area contributed by atoms with E-state index in [4.69, 9.17) is 23.9 Å². The number of benzene rings is 2. The van der Waals surface area contributed by atoms with Gasteiger partial charge in [0, 0.05) is 42.1 Å². The molecule has 2 saturated heterocycles. The maximum atomic E-state index is 15.2. The predicted octanol–water partition coefficient (Wildman–Crippen LogP) is 5.48. The number of aromatic nitrogens is 1. The molecule has 4 aliphatic carbocycles. The summed E-state index contributed by atoms with van der Waals surface area (Å²) in [6, 6.07) is 13.6. The maximum Gasteiger partial charge on any atom is 0.408 e. The quantitative estimate of drug-likeness (QED) is 0.217. The summed E-state index contributed by atoms with van der Waals surface area (Å²) in [6.07, 6.45) is 8.29. The molecule has 17 heteroatoms. The van der Waals surface area contributed by atoms with E-state index < -0.39 is 68.7 Å². The molecule has 0 bridgehead atoms. The van der Waals surface area contributed by atoms with Crippen molar-refractivity contribution in [1.29, 1.82) is 0 Å². The molecule has 2 aromatic carbocycles. The monoisotopic (exact) mass is 938 g/mol. The van der Waals surface area contributed by atoms with Gasteiger partial charge in [0.2, 0.25) is 27.7 Å². The second kappa shape index (κ2) is 18.2. The molecule has 67 heavy (non-hydrogen) atoms. The van der Waals surface area contributed by atoms with Gasteiger partial charge in [0.25, 0.3) is 5.91 Å². The van der Waals surface area contributed by atoms with Crippen LogP contribution in [0, 0.1) is 29.6 Å². The fourth-order valence-electron chi connectivity index (χ4n) is 11.0. The number of nitrogens with zero attached hydrogens (tertiary/aromatic N) is 3. The van der Waals surface area contributed by atoms with E-state index >= 15 is 4.79 Å². The maximum absolute atomic E-state index is 15.2. The Hall–Kier alpha value is -5.42. The summed E-state index contributed by atoms with van der Waals surface area (Å²) in [4.78, 5) is 66.5. The number of morpholine rings is 1. The first-order valence-corrected chi connectivity index (χ1v) is 25.7. The Kier molecular flexibility index (Phi) is 12.4. The summed E-state index contributed by atoms with van der Waals surface area (Å²) in [5, 5.41) is 6.77. The highest BCUT2D eigenvalue weighted by atomic mass is 32.2. The largest absolute Gasteiger partial charge is 0.497 e. The average molecular weight is 939 g/mol. The van der Waals surface area contributed by atoms with Crippen molar-refractivity contribution in [2.45, 2.75) is 113 Å². The molecule has 6 fully saturated rings. The normalized spacial score (nSPS) is 32.4. The van der Waals surface area contributed by atoms with Crippen molar-refractivity contribution in [2.75, 3.05) is 44.9 Å². The summed E-state index contributed by atoms with van der Waals surface area (Å²) in [5.41, 5.74) is 1.06. The zero-order chi connectivity index (χ0) is 46.6. The fraction of sp³-hybridized carbons (Fsp3) is 0.580. The van der Waals surface area contributed by atoms with E-state index in [1.54, 1.807) is 7.11 Å². The Bertz CT molecular complexity index is 2540. The number of carbonyl (C=O) groups excluding carboxylic acids is 4. The van der Waals surface area contributed by atoms with Crippen LogP contribution in [0.15, 0.2) is 60.7 Å². The number of fused-ring (bicyclic) bond motifs is 4. The zero-order valence-electron chi connectivity index (χ0n) is 38.5. The standard InChI is InChI=1S/C50H62N6O10S/c1-29-6-4-5-7-35-27-50(35,48(59)54-67(61,62)40-13-14-40)53-45(57)43-26-39(28-56(43)47(58)44(30(2)20-29)52-49(60)66-38-22-32-21-33(32)23-38)65-46-41-15-12-37(63-3)24-34(41)25-42(51-46)31-8-10-36(11-9-31)55-16-18-64-19-17-55/h5,7-12,15,24-25,29-30,32-33,35,38-40,43-44H,4,6,13-14,16-23,26-28H2,1-3H3,(H,52,60)(H,53,57)(H,54,59)/b7-5-/t29-,30-,32-,33+,35-,38?,39-,43+,44+,50-/m1/s1. The lowest BCUT2D eigenvalue weighted by Crippen LogP contribution is -2.59. The highest BCUT2D eigenvalue weighted by Gasteiger charge is 2.62. The van der Waals surface area contributed by atoms with Gasteiger partial charge in [-0.1, -0.05) is 38.1 Å². The van der Waals surface area contributed by atoms with Crippen molar-refractivity contribution in [3.8, 4) is 22.9 Å². The number of hydrogen-bond donors (Lipinski definition) is 3. The van der Waals surface area contributed by atoms with Gasteiger partial charge in [-0.25, -0.2) is 18.2 Å². The molecule has 0 radical (unpaired) electrons. The van der Waals surface area contributed by atoms with Gasteiger partial charge in [-0.3, -0.25) is 19.1 Å². The van der Waals surface area contributed by atoms with E-state index in [9.17, 15) is 22.8 Å². The average Bonchev–Trinajstić information content (AvgIpc) is 4.28. The Labute approximate surface area is 391 Å². The van der Waals surface area contributed by atoms with Crippen LogP contribution in [0.3, 0.4) is 0 Å². The molecule has 4 amide bonds. The zero-order valence-corrected chi connectivity index (χ0v) is 39.3. The van der Waals surface area contributed by atoms with Crippen molar-refractivity contribution in [2.24, 2.45) is 29.6 Å². The van der Waals surface area contributed by atoms with Gasteiger partial charge in [0.05, 0.1) is 37.8 Å². The van der Waals surface area contributed by atoms with Crippen molar-refractivity contribution in [1.82, 2.24) is 25.2 Å². The first-order chi connectivity index (χ1) is 32.3. The fourth-order valence-corrected chi connectivity index (χ4v) is 12.3. The van der Waals surface area contributed by atoms with Gasteiger partial charge in [-0.2, -0.15) is 0 Å². The van der Waals surface area contributed by atoms with Crippen molar-refractivity contribution in [3.63, 3.8) is 0 Å². The number of nitrogens with one attached hydrogen (secondary N) is 3. The number of carbonyl (C=O) groups is 4. The van der Waals surface area contributed by atoms with Gasteiger partial charge in [0.15, 0.2) is 0 Å². The number of sulfonamides is 1. The van der Waals surface area contributed by atoms with Crippen LogP contribution in [0.1, 0.15) is 78.1 Å². The summed E-state index contributed by atoms with van der Waals surface area (Å²) in [5.74, 6) is -0.378. The highest BCUT2D eigenvalue weighted by molar-refractivity contribution is 7.91. The Morgan fingerprint density at radius 3 is 2.42 bits per heavy atom. The van der Waals surface area contributed by atoms with E-state index in [0.717, 1.165) is 49.0 Å². The molecular weight excluding hydrogens is 877 g/mol. The Balaban J connectivity index is 0.973. The second-order valence-corrected chi connectivity index (χ2v) is 22.1. The summed E-state index contributed by atoms with van der Waals surface area (Å²) in [7, 11) is -2.32. The summed E-state index contributed by atoms with van der Waals surface area (Å²) >= 11 is 0. The van der Waals surface area contributed by atoms with Crippen LogP contribution in [0.25, 0.3) is 22.0 Å². The molecule has 7 aliphatic rings. The Morgan fingerprint density at radius 2 is 1.69 bits per heavy atom. The number of pyridine rings is 1. The van der Waals surface area contributed by atoms with Crippen molar-refractivity contribution < 1.29 is 46.5 Å². The molecule has 3 aromatic rings. The van der Waals surface area contributed by atoms with Crippen LogP contribution in [-0.4, -0.2) is 117 Å². The van der Waals surface area contributed by atoms with Crippen molar-refractivity contribution in [3.05, 3.63) is 60.7 Å². The predicted molar refractivity (Wildman–Crippen MR) is 250 cm³/mol. The lowest BCUT2D eigenvalue weighted by molar-refractivity contribution is -0.142. The first-order valence-electron chi connectivity index (χ1n) is 24.2. The summed E-state index contributed by atoms with van der Waals surface area (Å²) < 4.78 is 52.3. The molecule has 16 nitrogen and oxygen atoms in total. The molecular formula is C50H62N6O10S. The molecule has 10 rings (SSSR count). The lowest BCUT2D eigenvalue weighted by Gasteiger charge is -2.33. The number of rotatable bonds is 10. The molecule has 4 heterocycles. The molecule has 3 N–H and O–H groups in total. The molecule has 1 unspecified atom stereocenters. The van der Waals surface area contributed by atoms with E-state index in [1.165, 1.54) is 11.3 Å². The molecule has 0 spiro atoms. The van der Waals surface area contributed by atoms with Crippen LogP contribution in [-0.2, 0) is 33.9 Å². The van der Waals surface area contributed by atoms with E-state index in [-0.39, 0.29) is 37.3 Å². The van der Waals surface area contributed by atoms with E-state index in [0.29, 0.717) is 73.4 Å². The van der Waals surface area contributed by atoms with Crippen LogP contribution >= 0.6 is 0 Å². The number of alkyl carbamates (subject to hydrolysis) is 1. The SMILES string of the molecule is COc1ccc2c(O[C@@H]3C[C@H]4C(=O)N[C@]5(C(=O)NS(=O)(=O)C6CC6)C[C@H]5/C=C\CC[C@@H](C)C[C@@H](C)[C@H](NC(=O)OC5C[C@@H]6C[C@@H]6C5)C(=O)N4C3)nc(-c3ccc(N4CCOCC4)cc3)cc2c1. The van der Waals surface area contributed by atoms with Crippen LogP contribution in [0.5, 0.6) is 11.6 Å². The summed E-state index contributed by atoms with van der Waals surface area (Å²) in [6.45, 7) is 6.97. The topological polar surface area (TPSA) is 195 Å². The van der Waals surface area contributed by atoms with Crippen LogP contribution < -0.4 is 29.7 Å². The Morgan fingerprint density at radius 1 is 0.925 bits per heavy atom. The molecule has 3 aliphatic heterocycles. The van der Waals surface area contributed by atoms with Crippen molar-refractivity contribution >= 4 is 50.3 Å². The minimum atomic E-state index is -3.93. The minimum Gasteiger partial charge on any atom is -0.497 e. The minimum absolute atomic E-state index is 0.0285. The molecule has 358 valence electrons. The molecule has 4 saturated carbocycles. The van der Waals surface area contributed by atoms with Gasteiger partial charge in [-0.05, 0) is 123 Å². The lowest BCUT2D eigenvalue weighted by atomic mass is 9.88. The second-order valence-electron chi connectivity index (χ2n) is 20.2. The first kappa shape index (κ1) is 45.4. The third kappa shape index (κ3) is 9.68. The number of anilines is 1. The third-order valence-electron chi connectivity index (χ3n) is 15.2. The third-order valence-corrected chi connectivity index (χ3v) is 17.0. The number of amides is 4. The number of ether oxygens (including phenoxy) is 4. The molecule has 1 aromatic heterocycles. The van der Waals surface area contributed by atoms with Gasteiger partial charge in [0.1, 0.15) is 35.6 Å². The van der Waals surface area contributed by atoms with Gasteiger partial charge < -0.3 is 39.4 Å². The van der Waals surface area contributed by atoms with E-state index in [1.807, 2.05) is 55.5 Å². The number of methoxy groups -OCH3 is 1. The van der Waals surface area contributed by atoms with Crippen LogP contribution in [0.2, 0.25) is 0 Å². The highest BCUT2D eigenvalue weighted by Crippen LogP contribution is 2.52. The number of allylic oxidation sites excluding steroid dienone is 1. The van der Waals surface area contributed by atoms with Gasteiger partial charge >= 0.3 is 6.09 Å². The smallest absolute Gasteiger partial charge is 0.408 e. The van der Waals surface area contributed by atoms with E-state index in [2.05, 4.69) is 39.3 Å². The molecule has 10 atom stereocenters.